The minimum absolute atomic E-state index is 0.574. The first-order valence-corrected chi connectivity index (χ1v) is 10.5. The zero-order valence-electron chi connectivity index (χ0n) is 13.7. The van der Waals surface area contributed by atoms with Gasteiger partial charge in [0, 0.05) is 6.54 Å². The largest absolute Gasteiger partial charge is 0.333 e. The van der Waals surface area contributed by atoms with Gasteiger partial charge in [-0.15, -0.1) is 32.9 Å². The number of hydrogen-bond acceptors (Lipinski definition) is 8. The van der Waals surface area contributed by atoms with E-state index in [0.29, 0.717) is 17.5 Å². The van der Waals surface area contributed by atoms with Crippen LogP contribution in [0.15, 0.2) is 38.6 Å². The van der Waals surface area contributed by atoms with Crippen LogP contribution in [0.2, 0.25) is 0 Å². The monoisotopic (exact) mass is 389 g/mol. The van der Waals surface area contributed by atoms with Crippen molar-refractivity contribution in [2.45, 2.75) is 31.3 Å². The Kier molecular flexibility index (Phi) is 4.69. The summed E-state index contributed by atoms with van der Waals surface area (Å²) in [7, 11) is 0. The van der Waals surface area contributed by atoms with Crippen molar-refractivity contribution < 1.29 is 4.52 Å². The molecule has 0 fully saturated rings. The lowest BCUT2D eigenvalue weighted by molar-refractivity contribution is 0.426. The number of rotatable bonds is 6. The Morgan fingerprint density at radius 3 is 2.88 bits per heavy atom. The Morgan fingerprint density at radius 2 is 2.16 bits per heavy atom. The molecular formula is C16H15N5OS3. The zero-order chi connectivity index (χ0) is 17.2. The first-order valence-electron chi connectivity index (χ1n) is 7.72. The van der Waals surface area contributed by atoms with Gasteiger partial charge in [0.1, 0.15) is 0 Å². The summed E-state index contributed by atoms with van der Waals surface area (Å²) in [6.45, 7) is 4.96. The molecule has 4 aromatic rings. The van der Waals surface area contributed by atoms with E-state index in [1.54, 1.807) is 34.4 Å². The standard InChI is InChI=1S/C16H15N5OS3/c1-3-21-14(11-5-4-6-23-11)18-19-16(21)25-9-13-17-15(22-20-13)12-7-10(2)8-24-12/h4-8H,3,9H2,1-2H3. The number of thiophene rings is 2. The van der Waals surface area contributed by atoms with Crippen LogP contribution in [0.3, 0.4) is 0 Å². The lowest BCUT2D eigenvalue weighted by atomic mass is 10.3. The van der Waals surface area contributed by atoms with E-state index in [2.05, 4.69) is 56.3 Å². The van der Waals surface area contributed by atoms with Crippen LogP contribution in [-0.2, 0) is 12.3 Å². The first kappa shape index (κ1) is 16.5. The third kappa shape index (κ3) is 3.39. The lowest BCUT2D eigenvalue weighted by Crippen LogP contribution is -1.99. The molecule has 0 aliphatic rings. The molecule has 4 rings (SSSR count). The van der Waals surface area contributed by atoms with E-state index >= 15 is 0 Å². The maximum atomic E-state index is 5.37. The highest BCUT2D eigenvalue weighted by Crippen LogP contribution is 2.29. The smallest absolute Gasteiger partial charge is 0.268 e. The molecule has 0 aliphatic carbocycles. The Hall–Kier alpha value is -1.97. The van der Waals surface area contributed by atoms with Crippen LogP contribution in [0.4, 0.5) is 0 Å². The topological polar surface area (TPSA) is 69.6 Å². The molecule has 0 aromatic carbocycles. The molecule has 0 saturated carbocycles. The summed E-state index contributed by atoms with van der Waals surface area (Å²) >= 11 is 4.84. The SMILES string of the molecule is CCn1c(SCc2noc(-c3cc(C)cs3)n2)nnc1-c1cccs1. The summed E-state index contributed by atoms with van der Waals surface area (Å²) in [5.74, 6) is 2.73. The first-order chi connectivity index (χ1) is 12.2. The molecule has 0 amide bonds. The van der Waals surface area contributed by atoms with Crippen LogP contribution >= 0.6 is 34.4 Å². The number of aryl methyl sites for hydroxylation is 1. The normalized spacial score (nSPS) is 11.3. The van der Waals surface area contributed by atoms with Crippen molar-refractivity contribution in [1.82, 2.24) is 24.9 Å². The molecule has 9 heteroatoms. The highest BCUT2D eigenvalue weighted by Gasteiger charge is 2.16. The minimum atomic E-state index is 0.574. The Labute approximate surface area is 156 Å². The summed E-state index contributed by atoms with van der Waals surface area (Å²) < 4.78 is 7.48. The van der Waals surface area contributed by atoms with Crippen LogP contribution in [0.1, 0.15) is 18.3 Å². The fourth-order valence-electron chi connectivity index (χ4n) is 2.35. The van der Waals surface area contributed by atoms with Gasteiger partial charge in [-0.2, -0.15) is 4.98 Å². The average molecular weight is 390 g/mol. The van der Waals surface area contributed by atoms with Gasteiger partial charge in [-0.05, 0) is 42.3 Å². The van der Waals surface area contributed by atoms with E-state index in [1.807, 2.05) is 11.4 Å². The van der Waals surface area contributed by atoms with Crippen molar-refractivity contribution in [3.8, 4) is 21.5 Å². The van der Waals surface area contributed by atoms with Crippen LogP contribution < -0.4 is 0 Å². The third-order valence-corrected chi connectivity index (χ3v) is 6.38. The van der Waals surface area contributed by atoms with Gasteiger partial charge < -0.3 is 9.09 Å². The van der Waals surface area contributed by atoms with Crippen molar-refractivity contribution in [3.05, 3.63) is 40.3 Å². The maximum Gasteiger partial charge on any atom is 0.268 e. The van der Waals surface area contributed by atoms with Gasteiger partial charge >= 0.3 is 0 Å². The van der Waals surface area contributed by atoms with E-state index < -0.39 is 0 Å². The van der Waals surface area contributed by atoms with Crippen molar-refractivity contribution in [1.29, 1.82) is 0 Å². The third-order valence-electron chi connectivity index (χ3n) is 3.51. The summed E-state index contributed by atoms with van der Waals surface area (Å²) in [6, 6.07) is 6.13. The zero-order valence-corrected chi connectivity index (χ0v) is 16.1. The predicted octanol–water partition coefficient (Wildman–Crippen LogP) is 4.74. The molecule has 6 nitrogen and oxygen atoms in total. The summed E-state index contributed by atoms with van der Waals surface area (Å²) in [6.07, 6.45) is 0. The van der Waals surface area contributed by atoms with Crippen LogP contribution in [0.25, 0.3) is 21.5 Å². The number of hydrogen-bond donors (Lipinski definition) is 0. The molecule has 0 radical (unpaired) electrons. The molecule has 4 aromatic heterocycles. The van der Waals surface area contributed by atoms with Gasteiger partial charge in [-0.25, -0.2) is 0 Å². The van der Waals surface area contributed by atoms with Gasteiger partial charge in [0.2, 0.25) is 0 Å². The van der Waals surface area contributed by atoms with Crippen molar-refractivity contribution in [2.24, 2.45) is 0 Å². The van der Waals surface area contributed by atoms with Gasteiger partial charge in [0.25, 0.3) is 5.89 Å². The number of thioether (sulfide) groups is 1. The molecule has 0 spiro atoms. The van der Waals surface area contributed by atoms with Crippen molar-refractivity contribution >= 4 is 34.4 Å². The molecule has 0 N–H and O–H groups in total. The van der Waals surface area contributed by atoms with E-state index in [1.165, 1.54) is 5.56 Å². The molecule has 25 heavy (non-hydrogen) atoms. The van der Waals surface area contributed by atoms with E-state index in [9.17, 15) is 0 Å². The second-order valence-electron chi connectivity index (χ2n) is 5.32. The van der Waals surface area contributed by atoms with E-state index in [4.69, 9.17) is 4.52 Å². The Morgan fingerprint density at radius 1 is 1.24 bits per heavy atom. The van der Waals surface area contributed by atoms with Crippen LogP contribution in [0.5, 0.6) is 0 Å². The Balaban J connectivity index is 1.49. The minimum Gasteiger partial charge on any atom is -0.333 e. The van der Waals surface area contributed by atoms with E-state index in [0.717, 1.165) is 27.3 Å². The van der Waals surface area contributed by atoms with Crippen molar-refractivity contribution in [3.63, 3.8) is 0 Å². The Bertz CT molecular complexity index is 970. The summed E-state index contributed by atoms with van der Waals surface area (Å²) in [5.41, 5.74) is 1.20. The second kappa shape index (κ2) is 7.11. The molecule has 0 unspecified atom stereocenters. The molecule has 0 bridgehead atoms. The quantitative estimate of drug-likeness (QED) is 0.444. The molecule has 0 saturated heterocycles. The van der Waals surface area contributed by atoms with Gasteiger partial charge in [-0.1, -0.05) is 23.0 Å². The molecule has 128 valence electrons. The molecule has 0 atom stereocenters. The highest BCUT2D eigenvalue weighted by molar-refractivity contribution is 7.98. The second-order valence-corrected chi connectivity index (χ2v) is 8.12. The fourth-order valence-corrected chi connectivity index (χ4v) is 4.74. The van der Waals surface area contributed by atoms with Crippen molar-refractivity contribution in [2.75, 3.05) is 0 Å². The van der Waals surface area contributed by atoms with Crippen LogP contribution in [0, 0.1) is 6.92 Å². The fraction of sp³-hybridized carbons (Fsp3) is 0.250. The van der Waals surface area contributed by atoms with Gasteiger partial charge in [0.15, 0.2) is 16.8 Å². The molecule has 4 heterocycles. The highest BCUT2D eigenvalue weighted by atomic mass is 32.2. The van der Waals surface area contributed by atoms with Gasteiger partial charge in [-0.3, -0.25) is 0 Å². The average Bonchev–Trinajstić information content (AvgIpc) is 3.38. The lowest BCUT2D eigenvalue weighted by Gasteiger charge is -2.04. The number of aromatic nitrogens is 5. The number of nitrogens with zero attached hydrogens (tertiary/aromatic N) is 5. The van der Waals surface area contributed by atoms with Crippen LogP contribution in [-0.4, -0.2) is 24.9 Å². The van der Waals surface area contributed by atoms with Gasteiger partial charge in [0.05, 0.1) is 15.5 Å². The molecule has 0 aliphatic heterocycles. The summed E-state index contributed by atoms with van der Waals surface area (Å²) in [5, 5.41) is 17.7. The van der Waals surface area contributed by atoms with E-state index in [-0.39, 0.29) is 0 Å². The summed E-state index contributed by atoms with van der Waals surface area (Å²) in [4.78, 5) is 6.60. The maximum absolute atomic E-state index is 5.37. The predicted molar refractivity (Wildman–Crippen MR) is 101 cm³/mol. The molecular weight excluding hydrogens is 374 g/mol.